The molecule has 1 aliphatic carbocycles. The summed E-state index contributed by atoms with van der Waals surface area (Å²) in [6.07, 6.45) is 4.90. The summed E-state index contributed by atoms with van der Waals surface area (Å²) >= 11 is 1.83. The van der Waals surface area contributed by atoms with Crippen molar-refractivity contribution in [1.82, 2.24) is 5.32 Å². The maximum absolute atomic E-state index is 6.29. The Morgan fingerprint density at radius 3 is 2.63 bits per heavy atom. The van der Waals surface area contributed by atoms with E-state index in [4.69, 9.17) is 4.74 Å². The van der Waals surface area contributed by atoms with Crippen LogP contribution in [0.5, 0.6) is 0 Å². The van der Waals surface area contributed by atoms with Gasteiger partial charge >= 0.3 is 0 Å². The van der Waals surface area contributed by atoms with Gasteiger partial charge in [0.1, 0.15) is 0 Å². The molecule has 19 heavy (non-hydrogen) atoms. The first-order valence-corrected chi connectivity index (χ1v) is 8.36. The van der Waals surface area contributed by atoms with Gasteiger partial charge in [0.2, 0.25) is 0 Å². The van der Waals surface area contributed by atoms with Crippen LogP contribution in [-0.2, 0) is 4.74 Å². The Bertz CT molecular complexity index is 393. The van der Waals surface area contributed by atoms with Crippen LogP contribution in [0.25, 0.3) is 0 Å². The van der Waals surface area contributed by atoms with Crippen LogP contribution in [0.4, 0.5) is 0 Å². The number of hydrogen-bond donors (Lipinski definition) is 1. The zero-order valence-corrected chi connectivity index (χ0v) is 13.5. The van der Waals surface area contributed by atoms with E-state index in [9.17, 15) is 0 Å². The quantitative estimate of drug-likeness (QED) is 0.868. The number of likely N-dealkylation sites (N-methyl/N-ethyl adjacent to an activating group) is 1. The summed E-state index contributed by atoms with van der Waals surface area (Å²) in [5, 5.41) is 5.73. The highest BCUT2D eigenvalue weighted by atomic mass is 32.1. The Labute approximate surface area is 121 Å². The minimum Gasteiger partial charge on any atom is -0.373 e. The van der Waals surface area contributed by atoms with E-state index in [1.165, 1.54) is 36.1 Å². The number of hydrogen-bond acceptors (Lipinski definition) is 3. The Morgan fingerprint density at radius 2 is 2.16 bits per heavy atom. The fourth-order valence-electron chi connectivity index (χ4n) is 3.45. The van der Waals surface area contributed by atoms with Gasteiger partial charge in [-0.05, 0) is 69.5 Å². The zero-order chi connectivity index (χ0) is 13.9. The number of nitrogens with one attached hydrogen (secondary N) is 1. The van der Waals surface area contributed by atoms with Crippen molar-refractivity contribution >= 4 is 11.3 Å². The van der Waals surface area contributed by atoms with Crippen LogP contribution in [-0.4, -0.2) is 19.3 Å². The molecule has 1 fully saturated rings. The molecule has 108 valence electrons. The van der Waals surface area contributed by atoms with Crippen molar-refractivity contribution in [3.63, 3.8) is 0 Å². The van der Waals surface area contributed by atoms with Crippen LogP contribution < -0.4 is 5.32 Å². The van der Waals surface area contributed by atoms with E-state index in [1.807, 2.05) is 11.3 Å². The predicted octanol–water partition coefficient (Wildman–Crippen LogP) is 4.30. The Morgan fingerprint density at radius 1 is 1.47 bits per heavy atom. The van der Waals surface area contributed by atoms with Crippen molar-refractivity contribution < 1.29 is 4.74 Å². The van der Waals surface area contributed by atoms with Gasteiger partial charge in [0, 0.05) is 11.5 Å². The van der Waals surface area contributed by atoms with Crippen molar-refractivity contribution in [1.29, 1.82) is 0 Å². The minimum absolute atomic E-state index is 0.0121. The van der Waals surface area contributed by atoms with Crippen molar-refractivity contribution in [2.45, 2.75) is 58.1 Å². The lowest BCUT2D eigenvalue weighted by Crippen LogP contribution is -2.47. The van der Waals surface area contributed by atoms with Gasteiger partial charge in [0.05, 0.1) is 11.6 Å². The van der Waals surface area contributed by atoms with Gasteiger partial charge in [-0.25, -0.2) is 0 Å². The summed E-state index contributed by atoms with van der Waals surface area (Å²) in [5.41, 5.74) is 1.41. The smallest absolute Gasteiger partial charge is 0.0876 e. The van der Waals surface area contributed by atoms with Gasteiger partial charge in [-0.1, -0.05) is 6.92 Å². The molecular weight excluding hydrogens is 254 g/mol. The van der Waals surface area contributed by atoms with Crippen LogP contribution in [0.1, 0.15) is 56.0 Å². The third kappa shape index (κ3) is 3.04. The molecule has 1 aromatic heterocycles. The van der Waals surface area contributed by atoms with Gasteiger partial charge in [0.15, 0.2) is 0 Å². The summed E-state index contributed by atoms with van der Waals surface area (Å²) in [4.78, 5) is 1.41. The third-order valence-electron chi connectivity index (χ3n) is 4.58. The zero-order valence-electron chi connectivity index (χ0n) is 12.7. The maximum atomic E-state index is 6.29. The fourth-order valence-corrected chi connectivity index (χ4v) is 4.19. The molecule has 0 bridgehead atoms. The van der Waals surface area contributed by atoms with E-state index in [-0.39, 0.29) is 5.60 Å². The summed E-state index contributed by atoms with van der Waals surface area (Å²) in [5.74, 6) is 0.842. The van der Waals surface area contributed by atoms with Crippen LogP contribution in [0.3, 0.4) is 0 Å². The summed E-state index contributed by atoms with van der Waals surface area (Å²) in [7, 11) is 2.07. The van der Waals surface area contributed by atoms with Crippen LogP contribution >= 0.6 is 11.3 Å². The highest BCUT2D eigenvalue weighted by Crippen LogP contribution is 2.44. The van der Waals surface area contributed by atoms with Crippen molar-refractivity contribution in [3.05, 3.63) is 21.9 Å². The average molecular weight is 281 g/mol. The molecule has 0 amide bonds. The second kappa shape index (κ2) is 6.38. The first kappa shape index (κ1) is 15.0. The van der Waals surface area contributed by atoms with E-state index in [0.29, 0.717) is 6.04 Å². The predicted molar refractivity (Wildman–Crippen MR) is 82.8 cm³/mol. The molecule has 0 aliphatic heterocycles. The van der Waals surface area contributed by atoms with E-state index in [2.05, 4.69) is 44.6 Å². The van der Waals surface area contributed by atoms with Gasteiger partial charge in [0.25, 0.3) is 0 Å². The molecule has 1 saturated carbocycles. The van der Waals surface area contributed by atoms with E-state index in [1.54, 1.807) is 0 Å². The number of ether oxygens (including phenoxy) is 1. The first-order chi connectivity index (χ1) is 9.13. The number of thiophene rings is 1. The van der Waals surface area contributed by atoms with E-state index in [0.717, 1.165) is 12.5 Å². The van der Waals surface area contributed by atoms with Gasteiger partial charge in [-0.3, -0.25) is 0 Å². The lowest BCUT2D eigenvalue weighted by atomic mass is 9.73. The second-order valence-electron chi connectivity index (χ2n) is 5.83. The van der Waals surface area contributed by atoms with Crippen molar-refractivity contribution in [2.75, 3.05) is 13.7 Å². The average Bonchev–Trinajstić information content (AvgIpc) is 2.81. The van der Waals surface area contributed by atoms with Crippen molar-refractivity contribution in [2.24, 2.45) is 5.92 Å². The number of aryl methyl sites for hydroxylation is 1. The molecule has 0 radical (unpaired) electrons. The standard InChI is InChI=1S/C16H27NOS/c1-5-18-16(9-6-12(2)7-10-16)15(17-4)14-8-11-19-13(14)3/h8,11-12,15,17H,5-7,9-10H2,1-4H3. The van der Waals surface area contributed by atoms with Crippen LogP contribution in [0, 0.1) is 12.8 Å². The van der Waals surface area contributed by atoms with Crippen LogP contribution in [0.2, 0.25) is 0 Å². The van der Waals surface area contributed by atoms with Crippen LogP contribution in [0.15, 0.2) is 11.4 Å². The molecule has 1 aromatic rings. The normalized spacial score (nSPS) is 29.4. The largest absolute Gasteiger partial charge is 0.373 e. The third-order valence-corrected chi connectivity index (χ3v) is 5.44. The monoisotopic (exact) mass is 281 g/mol. The fraction of sp³-hybridized carbons (Fsp3) is 0.750. The first-order valence-electron chi connectivity index (χ1n) is 7.48. The summed E-state index contributed by atoms with van der Waals surface area (Å²) in [6.45, 7) is 7.50. The molecule has 1 N–H and O–H groups in total. The van der Waals surface area contributed by atoms with E-state index >= 15 is 0 Å². The van der Waals surface area contributed by atoms with Gasteiger partial charge in [-0.15, -0.1) is 11.3 Å². The topological polar surface area (TPSA) is 21.3 Å². The Balaban J connectivity index is 2.28. The summed E-state index contributed by atoms with van der Waals surface area (Å²) in [6, 6.07) is 2.59. The molecule has 1 unspecified atom stereocenters. The maximum Gasteiger partial charge on any atom is 0.0876 e. The molecule has 1 atom stereocenters. The SMILES string of the molecule is CCOC1(C(NC)c2ccsc2C)CCC(C)CC1. The number of rotatable bonds is 5. The lowest BCUT2D eigenvalue weighted by Gasteiger charge is -2.45. The Kier molecular flexibility index (Phi) is 5.04. The molecular formula is C16H27NOS. The molecule has 3 heteroatoms. The minimum atomic E-state index is -0.0121. The molecule has 2 nitrogen and oxygen atoms in total. The molecule has 0 aromatic carbocycles. The van der Waals surface area contributed by atoms with Gasteiger partial charge in [-0.2, -0.15) is 0 Å². The molecule has 0 saturated heterocycles. The second-order valence-corrected chi connectivity index (χ2v) is 6.95. The lowest BCUT2D eigenvalue weighted by molar-refractivity contribution is -0.0962. The summed E-state index contributed by atoms with van der Waals surface area (Å²) < 4.78 is 6.29. The molecule has 1 heterocycles. The highest BCUT2D eigenvalue weighted by Gasteiger charge is 2.42. The van der Waals surface area contributed by atoms with E-state index < -0.39 is 0 Å². The van der Waals surface area contributed by atoms with Gasteiger partial charge < -0.3 is 10.1 Å². The molecule has 0 spiro atoms. The Hall–Kier alpha value is -0.380. The molecule has 2 rings (SSSR count). The van der Waals surface area contributed by atoms with Crippen molar-refractivity contribution in [3.8, 4) is 0 Å². The highest BCUT2D eigenvalue weighted by molar-refractivity contribution is 7.10. The molecule has 1 aliphatic rings.